The highest BCUT2D eigenvalue weighted by Crippen LogP contribution is 2.13. The second-order valence-corrected chi connectivity index (χ2v) is 3.79. The SMILES string of the molecule is CC(N)c1ccc(-n2cc(C(N)=O)nn2)cc1.Cl. The van der Waals surface area contributed by atoms with Crippen LogP contribution in [0.1, 0.15) is 29.0 Å². The van der Waals surface area contributed by atoms with Crippen molar-refractivity contribution in [3.63, 3.8) is 0 Å². The first kappa shape index (κ1) is 14.1. The van der Waals surface area contributed by atoms with Crippen LogP contribution >= 0.6 is 12.4 Å². The molecule has 1 aromatic heterocycles. The maximum Gasteiger partial charge on any atom is 0.270 e. The number of amides is 1. The van der Waals surface area contributed by atoms with Crippen molar-refractivity contribution in [2.45, 2.75) is 13.0 Å². The van der Waals surface area contributed by atoms with Gasteiger partial charge in [0.15, 0.2) is 5.69 Å². The molecular weight excluding hydrogens is 254 g/mol. The minimum atomic E-state index is -0.594. The number of carbonyl (C=O) groups excluding carboxylic acids is 1. The molecule has 0 saturated carbocycles. The van der Waals surface area contributed by atoms with Gasteiger partial charge in [0.1, 0.15) is 0 Å². The van der Waals surface area contributed by atoms with Crippen LogP contribution in [0.4, 0.5) is 0 Å². The molecule has 18 heavy (non-hydrogen) atoms. The van der Waals surface area contributed by atoms with E-state index in [2.05, 4.69) is 10.3 Å². The Morgan fingerprint density at radius 1 is 1.33 bits per heavy atom. The van der Waals surface area contributed by atoms with E-state index in [0.29, 0.717) is 0 Å². The zero-order chi connectivity index (χ0) is 12.4. The van der Waals surface area contributed by atoms with E-state index in [4.69, 9.17) is 11.5 Å². The Labute approximate surface area is 110 Å². The first-order chi connectivity index (χ1) is 8.08. The highest BCUT2D eigenvalue weighted by Gasteiger charge is 2.07. The molecule has 7 heteroatoms. The molecule has 0 spiro atoms. The molecule has 0 aliphatic heterocycles. The number of hydrogen-bond donors (Lipinski definition) is 2. The highest BCUT2D eigenvalue weighted by molar-refractivity contribution is 5.90. The summed E-state index contributed by atoms with van der Waals surface area (Å²) in [4.78, 5) is 10.9. The predicted molar refractivity (Wildman–Crippen MR) is 69.7 cm³/mol. The van der Waals surface area contributed by atoms with Gasteiger partial charge in [-0.3, -0.25) is 4.79 Å². The maximum absolute atomic E-state index is 10.9. The van der Waals surface area contributed by atoms with Crippen LogP contribution in [-0.2, 0) is 0 Å². The maximum atomic E-state index is 10.9. The number of nitrogens with zero attached hydrogens (tertiary/aromatic N) is 3. The van der Waals surface area contributed by atoms with Crippen molar-refractivity contribution in [2.24, 2.45) is 11.5 Å². The Kier molecular flexibility index (Phi) is 4.41. The van der Waals surface area contributed by atoms with Crippen LogP contribution < -0.4 is 11.5 Å². The number of primary amides is 1. The van der Waals surface area contributed by atoms with Crippen LogP contribution in [-0.4, -0.2) is 20.9 Å². The van der Waals surface area contributed by atoms with Gasteiger partial charge in [0, 0.05) is 6.04 Å². The van der Waals surface area contributed by atoms with E-state index < -0.39 is 5.91 Å². The van der Waals surface area contributed by atoms with Gasteiger partial charge < -0.3 is 11.5 Å². The van der Waals surface area contributed by atoms with E-state index >= 15 is 0 Å². The Morgan fingerprint density at radius 3 is 2.39 bits per heavy atom. The number of aromatic nitrogens is 3. The lowest BCUT2D eigenvalue weighted by molar-refractivity contribution is 0.0995. The molecule has 0 radical (unpaired) electrons. The quantitative estimate of drug-likeness (QED) is 0.859. The minimum Gasteiger partial charge on any atom is -0.364 e. The van der Waals surface area contributed by atoms with Gasteiger partial charge in [0.2, 0.25) is 0 Å². The van der Waals surface area contributed by atoms with Crippen LogP contribution in [0.5, 0.6) is 0 Å². The smallest absolute Gasteiger partial charge is 0.270 e. The molecule has 96 valence electrons. The first-order valence-electron chi connectivity index (χ1n) is 5.16. The summed E-state index contributed by atoms with van der Waals surface area (Å²) in [5.41, 5.74) is 12.8. The van der Waals surface area contributed by atoms with Gasteiger partial charge in [-0.1, -0.05) is 17.3 Å². The van der Waals surface area contributed by atoms with Crippen molar-refractivity contribution < 1.29 is 4.79 Å². The van der Waals surface area contributed by atoms with Gasteiger partial charge >= 0.3 is 0 Å². The number of benzene rings is 1. The second-order valence-electron chi connectivity index (χ2n) is 3.79. The highest BCUT2D eigenvalue weighted by atomic mass is 35.5. The van der Waals surface area contributed by atoms with Gasteiger partial charge in [-0.15, -0.1) is 17.5 Å². The Hall–Kier alpha value is -1.92. The number of halogens is 1. The van der Waals surface area contributed by atoms with Gasteiger partial charge in [0.05, 0.1) is 11.9 Å². The van der Waals surface area contributed by atoms with Crippen LogP contribution in [0, 0.1) is 0 Å². The van der Waals surface area contributed by atoms with E-state index in [9.17, 15) is 4.79 Å². The molecular formula is C11H14ClN5O. The normalized spacial score (nSPS) is 11.7. The Bertz CT molecular complexity index is 535. The molecule has 1 aromatic carbocycles. The summed E-state index contributed by atoms with van der Waals surface area (Å²) in [6.07, 6.45) is 1.49. The van der Waals surface area contributed by atoms with Crippen molar-refractivity contribution in [1.29, 1.82) is 0 Å². The van der Waals surface area contributed by atoms with E-state index in [1.807, 2.05) is 31.2 Å². The molecule has 6 nitrogen and oxygen atoms in total. The molecule has 2 rings (SSSR count). The summed E-state index contributed by atoms with van der Waals surface area (Å²) in [5, 5.41) is 7.48. The van der Waals surface area contributed by atoms with Crippen molar-refractivity contribution >= 4 is 18.3 Å². The molecule has 1 unspecified atom stereocenters. The van der Waals surface area contributed by atoms with Crippen molar-refractivity contribution in [3.05, 3.63) is 41.7 Å². The van der Waals surface area contributed by atoms with Crippen LogP contribution in [0.3, 0.4) is 0 Å². The lowest BCUT2D eigenvalue weighted by atomic mass is 10.1. The van der Waals surface area contributed by atoms with Crippen LogP contribution in [0.2, 0.25) is 0 Å². The van der Waals surface area contributed by atoms with E-state index in [1.54, 1.807) is 0 Å². The number of nitrogens with two attached hydrogens (primary N) is 2. The molecule has 1 amide bonds. The summed E-state index contributed by atoms with van der Waals surface area (Å²) in [6.45, 7) is 1.91. The number of carbonyl (C=O) groups is 1. The molecule has 2 aromatic rings. The lowest BCUT2D eigenvalue weighted by Crippen LogP contribution is -2.11. The van der Waals surface area contributed by atoms with Crippen LogP contribution in [0.15, 0.2) is 30.5 Å². The molecule has 1 heterocycles. The van der Waals surface area contributed by atoms with Gasteiger partial charge in [-0.05, 0) is 24.6 Å². The topological polar surface area (TPSA) is 99.8 Å². The summed E-state index contributed by atoms with van der Waals surface area (Å²) >= 11 is 0. The Morgan fingerprint density at radius 2 is 1.94 bits per heavy atom. The van der Waals surface area contributed by atoms with Crippen molar-refractivity contribution in [2.75, 3.05) is 0 Å². The van der Waals surface area contributed by atoms with Gasteiger partial charge in [-0.2, -0.15) is 0 Å². The van der Waals surface area contributed by atoms with E-state index in [0.717, 1.165) is 11.3 Å². The summed E-state index contributed by atoms with van der Waals surface area (Å²) in [5.74, 6) is -0.594. The fraction of sp³-hybridized carbons (Fsp3) is 0.182. The van der Waals surface area contributed by atoms with Crippen LogP contribution in [0.25, 0.3) is 5.69 Å². The molecule has 4 N–H and O–H groups in total. The zero-order valence-corrected chi connectivity index (χ0v) is 10.6. The zero-order valence-electron chi connectivity index (χ0n) is 9.78. The fourth-order valence-electron chi connectivity index (χ4n) is 1.43. The third-order valence-electron chi connectivity index (χ3n) is 2.43. The van der Waals surface area contributed by atoms with Crippen molar-refractivity contribution in [3.8, 4) is 5.69 Å². The monoisotopic (exact) mass is 267 g/mol. The minimum absolute atomic E-state index is 0. The molecule has 0 saturated heterocycles. The van der Waals surface area contributed by atoms with E-state index in [-0.39, 0.29) is 24.1 Å². The number of hydrogen-bond acceptors (Lipinski definition) is 4. The summed E-state index contributed by atoms with van der Waals surface area (Å²) in [6, 6.07) is 7.52. The average Bonchev–Trinajstić information content (AvgIpc) is 2.78. The predicted octanol–water partition coefficient (Wildman–Crippen LogP) is 0.808. The summed E-state index contributed by atoms with van der Waals surface area (Å²) in [7, 11) is 0. The third kappa shape index (κ3) is 2.85. The summed E-state index contributed by atoms with van der Waals surface area (Å²) < 4.78 is 1.49. The lowest BCUT2D eigenvalue weighted by Gasteiger charge is -2.06. The molecule has 0 aliphatic carbocycles. The molecule has 0 fully saturated rings. The standard InChI is InChI=1S/C11H13N5O.ClH/c1-7(12)8-2-4-9(5-3-8)16-6-10(11(13)17)14-15-16;/h2-7H,12H2,1H3,(H2,13,17);1H. The molecule has 0 aliphatic rings. The average molecular weight is 268 g/mol. The van der Waals surface area contributed by atoms with Crippen molar-refractivity contribution in [1.82, 2.24) is 15.0 Å². The third-order valence-corrected chi connectivity index (χ3v) is 2.43. The Balaban J connectivity index is 0.00000162. The van der Waals surface area contributed by atoms with Gasteiger partial charge in [-0.25, -0.2) is 4.68 Å². The number of rotatable bonds is 3. The molecule has 0 bridgehead atoms. The second kappa shape index (κ2) is 5.61. The van der Waals surface area contributed by atoms with E-state index in [1.165, 1.54) is 10.9 Å². The molecule has 1 atom stereocenters. The fourth-order valence-corrected chi connectivity index (χ4v) is 1.43. The first-order valence-corrected chi connectivity index (χ1v) is 5.16. The van der Waals surface area contributed by atoms with Gasteiger partial charge in [0.25, 0.3) is 5.91 Å². The largest absolute Gasteiger partial charge is 0.364 e.